The number of ether oxygens (including phenoxy) is 1. The van der Waals surface area contributed by atoms with E-state index in [1.54, 1.807) is 6.26 Å². The van der Waals surface area contributed by atoms with Crippen molar-refractivity contribution < 1.29 is 18.9 Å². The molecule has 0 aliphatic carbocycles. The van der Waals surface area contributed by atoms with Crippen LogP contribution in [0.4, 0.5) is 5.69 Å². The van der Waals surface area contributed by atoms with Crippen molar-refractivity contribution in [2.75, 3.05) is 26.2 Å². The lowest BCUT2D eigenvalue weighted by molar-refractivity contribution is -0.384. The molecule has 1 atom stereocenters. The van der Waals surface area contributed by atoms with Crippen molar-refractivity contribution in [1.29, 1.82) is 0 Å². The number of nitrogens with one attached hydrogen (secondary N) is 1. The molecule has 1 heterocycles. The zero-order chi connectivity index (χ0) is 18.9. The van der Waals surface area contributed by atoms with Gasteiger partial charge in [0.1, 0.15) is 11.5 Å². The highest BCUT2D eigenvalue weighted by Crippen LogP contribution is 2.20. The molecule has 26 heavy (non-hydrogen) atoms. The molecule has 0 aliphatic heterocycles. The maximum Gasteiger partial charge on any atom is 0.269 e. The molecule has 0 bridgehead atoms. The molecule has 1 N–H and O–H groups in total. The number of carbonyl (C=O) groups excluding carboxylic acids is 1. The number of benzene rings is 1. The molecule has 8 nitrogen and oxygen atoms in total. The molecule has 2 rings (SSSR count). The van der Waals surface area contributed by atoms with Gasteiger partial charge in [0, 0.05) is 18.7 Å². The van der Waals surface area contributed by atoms with Gasteiger partial charge in [-0.15, -0.1) is 0 Å². The quantitative estimate of drug-likeness (QED) is 0.516. The van der Waals surface area contributed by atoms with Gasteiger partial charge in [0.25, 0.3) is 11.6 Å². The molecule has 1 aromatic heterocycles. The summed E-state index contributed by atoms with van der Waals surface area (Å²) in [5.74, 6) is 0.925. The first-order chi connectivity index (χ1) is 12.5. The lowest BCUT2D eigenvalue weighted by atomic mass is 10.2. The first-order valence-corrected chi connectivity index (χ1v) is 8.46. The summed E-state index contributed by atoms with van der Waals surface area (Å²) in [6.07, 6.45) is 1.62. The Bertz CT molecular complexity index is 696. The predicted molar refractivity (Wildman–Crippen MR) is 96.0 cm³/mol. The summed E-state index contributed by atoms with van der Waals surface area (Å²) in [7, 11) is 0. The average molecular weight is 361 g/mol. The van der Waals surface area contributed by atoms with Crippen LogP contribution in [-0.2, 0) is 4.79 Å². The lowest BCUT2D eigenvalue weighted by Crippen LogP contribution is -2.39. The third kappa shape index (κ3) is 5.32. The minimum Gasteiger partial charge on any atom is -0.484 e. The third-order valence-corrected chi connectivity index (χ3v) is 4.03. The van der Waals surface area contributed by atoms with E-state index < -0.39 is 4.92 Å². The van der Waals surface area contributed by atoms with Gasteiger partial charge < -0.3 is 14.5 Å². The number of likely N-dealkylation sites (N-methyl/N-ethyl adjacent to an activating group) is 1. The average Bonchev–Trinajstić information content (AvgIpc) is 3.18. The largest absolute Gasteiger partial charge is 0.484 e. The van der Waals surface area contributed by atoms with Crippen molar-refractivity contribution >= 4 is 11.6 Å². The number of amides is 1. The van der Waals surface area contributed by atoms with E-state index in [4.69, 9.17) is 9.15 Å². The maximum atomic E-state index is 12.1. The van der Waals surface area contributed by atoms with E-state index in [1.807, 2.05) is 12.1 Å². The van der Waals surface area contributed by atoms with Gasteiger partial charge in [-0.3, -0.25) is 19.8 Å². The summed E-state index contributed by atoms with van der Waals surface area (Å²) in [5, 5.41) is 13.5. The van der Waals surface area contributed by atoms with Crippen molar-refractivity contribution in [2.24, 2.45) is 0 Å². The standard InChI is InChI=1S/C18H23N3O5/c1-3-20(4-2)16(17-6-5-11-25-17)12-19-18(22)13-26-15-9-7-14(8-10-15)21(23)24/h5-11,16H,3-4,12-13H2,1-2H3,(H,19,22). The van der Waals surface area contributed by atoms with Gasteiger partial charge in [-0.2, -0.15) is 0 Å². The highest BCUT2D eigenvalue weighted by atomic mass is 16.6. The van der Waals surface area contributed by atoms with Gasteiger partial charge in [0.2, 0.25) is 0 Å². The lowest BCUT2D eigenvalue weighted by Gasteiger charge is -2.28. The molecule has 140 valence electrons. The van der Waals surface area contributed by atoms with Crippen LogP contribution in [0.5, 0.6) is 5.75 Å². The van der Waals surface area contributed by atoms with Crippen LogP contribution in [0.25, 0.3) is 0 Å². The number of hydrogen-bond acceptors (Lipinski definition) is 6. The molecule has 0 radical (unpaired) electrons. The summed E-state index contributed by atoms with van der Waals surface area (Å²) in [4.78, 5) is 24.4. The number of rotatable bonds is 10. The van der Waals surface area contributed by atoms with Crippen LogP contribution in [0.15, 0.2) is 47.1 Å². The van der Waals surface area contributed by atoms with Crippen LogP contribution in [0.2, 0.25) is 0 Å². The number of nitro groups is 1. The molecular weight excluding hydrogens is 338 g/mol. The van der Waals surface area contributed by atoms with E-state index in [0.717, 1.165) is 18.8 Å². The summed E-state index contributed by atoms with van der Waals surface area (Å²) < 4.78 is 10.9. The molecule has 0 aliphatic rings. The SMILES string of the molecule is CCN(CC)C(CNC(=O)COc1ccc([N+](=O)[O-])cc1)c1ccco1. The van der Waals surface area contributed by atoms with Crippen LogP contribution < -0.4 is 10.1 Å². The minimum atomic E-state index is -0.488. The first kappa shape index (κ1) is 19.5. The van der Waals surface area contributed by atoms with Crippen LogP contribution >= 0.6 is 0 Å². The van der Waals surface area contributed by atoms with E-state index in [2.05, 4.69) is 24.1 Å². The van der Waals surface area contributed by atoms with E-state index in [9.17, 15) is 14.9 Å². The molecule has 1 amide bonds. The van der Waals surface area contributed by atoms with Crippen molar-refractivity contribution in [1.82, 2.24) is 10.2 Å². The highest BCUT2D eigenvalue weighted by molar-refractivity contribution is 5.77. The number of hydrogen-bond donors (Lipinski definition) is 1. The topological polar surface area (TPSA) is 97.9 Å². The van der Waals surface area contributed by atoms with Crippen LogP contribution in [-0.4, -0.2) is 42.0 Å². The first-order valence-electron chi connectivity index (χ1n) is 8.46. The van der Waals surface area contributed by atoms with Crippen LogP contribution in [0.3, 0.4) is 0 Å². The van der Waals surface area contributed by atoms with Gasteiger partial charge in [-0.05, 0) is 37.4 Å². The highest BCUT2D eigenvalue weighted by Gasteiger charge is 2.21. The normalized spacial score (nSPS) is 12.0. The zero-order valence-electron chi connectivity index (χ0n) is 14.9. The molecule has 0 spiro atoms. The second-order valence-electron chi connectivity index (χ2n) is 5.60. The molecular formula is C18H23N3O5. The van der Waals surface area contributed by atoms with E-state index in [0.29, 0.717) is 12.3 Å². The number of carbonyl (C=O) groups is 1. The summed E-state index contributed by atoms with van der Waals surface area (Å²) >= 11 is 0. The second kappa shape index (κ2) is 9.57. The Balaban J connectivity index is 1.86. The molecule has 1 unspecified atom stereocenters. The smallest absolute Gasteiger partial charge is 0.269 e. The Morgan fingerprint density at radius 2 is 1.96 bits per heavy atom. The van der Waals surface area contributed by atoms with Crippen molar-refractivity contribution in [3.05, 3.63) is 58.5 Å². The minimum absolute atomic E-state index is 0.0256. The fourth-order valence-electron chi connectivity index (χ4n) is 2.63. The summed E-state index contributed by atoms with van der Waals surface area (Å²) in [6, 6.07) is 9.26. The second-order valence-corrected chi connectivity index (χ2v) is 5.60. The number of non-ortho nitro benzene ring substituents is 1. The zero-order valence-corrected chi connectivity index (χ0v) is 14.9. The summed E-state index contributed by atoms with van der Waals surface area (Å²) in [6.45, 7) is 6.00. The van der Waals surface area contributed by atoms with Crippen molar-refractivity contribution in [3.63, 3.8) is 0 Å². The molecule has 0 fully saturated rings. The monoisotopic (exact) mass is 361 g/mol. The van der Waals surface area contributed by atoms with Crippen molar-refractivity contribution in [2.45, 2.75) is 19.9 Å². The molecule has 0 saturated heterocycles. The Morgan fingerprint density at radius 1 is 1.27 bits per heavy atom. The van der Waals surface area contributed by atoms with E-state index in [1.165, 1.54) is 24.3 Å². The van der Waals surface area contributed by atoms with E-state index >= 15 is 0 Å². The predicted octanol–water partition coefficient (Wildman–Crippen LogP) is 2.77. The molecule has 1 aromatic carbocycles. The Kier molecular flexibility index (Phi) is 7.16. The van der Waals surface area contributed by atoms with Gasteiger partial charge in [0.15, 0.2) is 6.61 Å². The van der Waals surface area contributed by atoms with Crippen LogP contribution in [0.1, 0.15) is 25.6 Å². The number of nitrogens with zero attached hydrogens (tertiary/aromatic N) is 2. The van der Waals surface area contributed by atoms with Gasteiger partial charge in [-0.25, -0.2) is 0 Å². The number of nitro benzene ring substituents is 1. The fraction of sp³-hybridized carbons (Fsp3) is 0.389. The number of furan rings is 1. The maximum absolute atomic E-state index is 12.1. The molecule has 0 saturated carbocycles. The summed E-state index contributed by atoms with van der Waals surface area (Å²) in [5.41, 5.74) is -0.0256. The molecule has 2 aromatic rings. The van der Waals surface area contributed by atoms with Gasteiger partial charge in [0.05, 0.1) is 17.2 Å². The van der Waals surface area contributed by atoms with Gasteiger partial charge in [-0.1, -0.05) is 13.8 Å². The van der Waals surface area contributed by atoms with Crippen molar-refractivity contribution in [3.8, 4) is 5.75 Å². The van der Waals surface area contributed by atoms with E-state index in [-0.39, 0.29) is 24.2 Å². The Morgan fingerprint density at radius 3 is 2.50 bits per heavy atom. The van der Waals surface area contributed by atoms with Gasteiger partial charge >= 0.3 is 0 Å². The Hall–Kier alpha value is -2.87. The molecule has 8 heteroatoms. The fourth-order valence-corrected chi connectivity index (χ4v) is 2.63. The third-order valence-electron chi connectivity index (χ3n) is 4.03. The Labute approximate surface area is 151 Å². The van der Waals surface area contributed by atoms with Crippen LogP contribution in [0, 0.1) is 10.1 Å².